The Balaban J connectivity index is 2.17. The van der Waals surface area contributed by atoms with Gasteiger partial charge in [-0.05, 0) is 25.6 Å². The Labute approximate surface area is 118 Å². The molecule has 0 aliphatic carbocycles. The fourth-order valence-corrected chi connectivity index (χ4v) is 3.35. The van der Waals surface area contributed by atoms with Crippen LogP contribution in [0.1, 0.15) is 18.5 Å². The van der Waals surface area contributed by atoms with Gasteiger partial charge >= 0.3 is 0 Å². The average molecular weight is 312 g/mol. The van der Waals surface area contributed by atoms with Crippen LogP contribution in [0.5, 0.6) is 0 Å². The largest absolute Gasteiger partial charge is 0.329 e. The van der Waals surface area contributed by atoms with Crippen molar-refractivity contribution in [2.24, 2.45) is 5.73 Å². The molecule has 0 bridgehead atoms. The first-order chi connectivity index (χ1) is 8.63. The summed E-state index contributed by atoms with van der Waals surface area (Å²) < 4.78 is 1.19. The van der Waals surface area contributed by atoms with E-state index in [0.29, 0.717) is 12.1 Å². The molecule has 0 radical (unpaired) electrons. The second-order valence-corrected chi connectivity index (χ2v) is 5.94. The Morgan fingerprint density at radius 2 is 2.11 bits per heavy atom. The van der Waals surface area contributed by atoms with Crippen molar-refractivity contribution < 1.29 is 0 Å². The van der Waals surface area contributed by atoms with E-state index in [1.54, 1.807) is 0 Å². The molecule has 3 nitrogen and oxygen atoms in total. The van der Waals surface area contributed by atoms with Gasteiger partial charge in [-0.25, -0.2) is 0 Å². The molecule has 1 aliphatic heterocycles. The number of halogens is 1. The number of nitrogens with two attached hydrogens (primary N) is 1. The third-order valence-electron chi connectivity index (χ3n) is 3.86. The van der Waals surface area contributed by atoms with Crippen molar-refractivity contribution in [2.75, 3.05) is 33.2 Å². The molecule has 1 heterocycles. The van der Waals surface area contributed by atoms with Crippen molar-refractivity contribution in [1.82, 2.24) is 9.80 Å². The topological polar surface area (TPSA) is 32.5 Å². The summed E-state index contributed by atoms with van der Waals surface area (Å²) in [6.45, 7) is 6.25. The van der Waals surface area contributed by atoms with E-state index in [4.69, 9.17) is 5.73 Å². The van der Waals surface area contributed by atoms with Crippen LogP contribution in [0, 0.1) is 0 Å². The SMILES string of the molecule is CC(c1ccccc1Br)N1CCN(C)CC1CN. The van der Waals surface area contributed by atoms with Crippen molar-refractivity contribution in [3.8, 4) is 0 Å². The van der Waals surface area contributed by atoms with Gasteiger partial charge < -0.3 is 10.6 Å². The van der Waals surface area contributed by atoms with Gasteiger partial charge in [0.25, 0.3) is 0 Å². The minimum Gasteiger partial charge on any atom is -0.329 e. The van der Waals surface area contributed by atoms with E-state index in [-0.39, 0.29) is 0 Å². The van der Waals surface area contributed by atoms with Crippen molar-refractivity contribution in [3.05, 3.63) is 34.3 Å². The number of piperazine rings is 1. The van der Waals surface area contributed by atoms with Gasteiger partial charge in [-0.1, -0.05) is 34.1 Å². The molecule has 2 unspecified atom stereocenters. The standard InChI is InChI=1S/C14H22BrN3/c1-11(13-5-3-4-6-14(13)15)18-8-7-17(2)10-12(18)9-16/h3-6,11-12H,7-10,16H2,1-2H3. The second-order valence-electron chi connectivity index (χ2n) is 5.09. The summed E-state index contributed by atoms with van der Waals surface area (Å²) in [5, 5.41) is 0. The van der Waals surface area contributed by atoms with Crippen LogP contribution in [-0.2, 0) is 0 Å². The Bertz CT molecular complexity index is 396. The predicted octanol–water partition coefficient (Wildman–Crippen LogP) is 2.08. The third kappa shape index (κ3) is 2.94. The Kier molecular flexibility index (Phi) is 4.78. The molecule has 0 spiro atoms. The first kappa shape index (κ1) is 14.0. The highest BCUT2D eigenvalue weighted by Crippen LogP contribution is 2.29. The van der Waals surface area contributed by atoms with Gasteiger partial charge in [-0.2, -0.15) is 0 Å². The van der Waals surface area contributed by atoms with Gasteiger partial charge in [0, 0.05) is 42.7 Å². The summed E-state index contributed by atoms with van der Waals surface area (Å²) >= 11 is 3.65. The lowest BCUT2D eigenvalue weighted by Crippen LogP contribution is -2.55. The zero-order valence-corrected chi connectivity index (χ0v) is 12.7. The molecule has 2 N–H and O–H groups in total. The molecule has 100 valence electrons. The molecular weight excluding hydrogens is 290 g/mol. The summed E-state index contributed by atoms with van der Waals surface area (Å²) in [6, 6.07) is 9.32. The lowest BCUT2D eigenvalue weighted by molar-refractivity contribution is 0.0619. The summed E-state index contributed by atoms with van der Waals surface area (Å²) in [7, 11) is 2.17. The van der Waals surface area contributed by atoms with E-state index in [0.717, 1.165) is 26.2 Å². The monoisotopic (exact) mass is 311 g/mol. The van der Waals surface area contributed by atoms with Crippen LogP contribution in [-0.4, -0.2) is 49.1 Å². The molecule has 1 saturated heterocycles. The highest BCUT2D eigenvalue weighted by Gasteiger charge is 2.29. The number of nitrogens with zero attached hydrogens (tertiary/aromatic N) is 2. The highest BCUT2D eigenvalue weighted by atomic mass is 79.9. The summed E-state index contributed by atoms with van der Waals surface area (Å²) in [5.74, 6) is 0. The minimum absolute atomic E-state index is 0.405. The maximum atomic E-state index is 5.93. The fraction of sp³-hybridized carbons (Fsp3) is 0.571. The lowest BCUT2D eigenvalue weighted by atomic mass is 10.0. The van der Waals surface area contributed by atoms with Crippen LogP contribution in [0.2, 0.25) is 0 Å². The van der Waals surface area contributed by atoms with Gasteiger partial charge in [0.2, 0.25) is 0 Å². The minimum atomic E-state index is 0.405. The van der Waals surface area contributed by atoms with Crippen molar-refractivity contribution in [3.63, 3.8) is 0 Å². The molecule has 0 saturated carbocycles. The van der Waals surface area contributed by atoms with Crippen LogP contribution in [0.3, 0.4) is 0 Å². The fourth-order valence-electron chi connectivity index (χ4n) is 2.74. The third-order valence-corrected chi connectivity index (χ3v) is 4.58. The Morgan fingerprint density at radius 3 is 2.78 bits per heavy atom. The summed E-state index contributed by atoms with van der Waals surface area (Å²) in [6.07, 6.45) is 0. The Morgan fingerprint density at radius 1 is 1.39 bits per heavy atom. The first-order valence-electron chi connectivity index (χ1n) is 6.52. The maximum absolute atomic E-state index is 5.93. The van der Waals surface area contributed by atoms with Crippen molar-refractivity contribution in [2.45, 2.75) is 19.0 Å². The number of likely N-dealkylation sites (N-methyl/N-ethyl adjacent to an activating group) is 1. The molecule has 18 heavy (non-hydrogen) atoms. The van der Waals surface area contributed by atoms with E-state index < -0.39 is 0 Å². The smallest absolute Gasteiger partial charge is 0.0352 e. The van der Waals surface area contributed by atoms with E-state index in [1.807, 2.05) is 0 Å². The number of benzene rings is 1. The highest BCUT2D eigenvalue weighted by molar-refractivity contribution is 9.10. The predicted molar refractivity (Wildman–Crippen MR) is 79.6 cm³/mol. The van der Waals surface area contributed by atoms with Crippen molar-refractivity contribution in [1.29, 1.82) is 0 Å². The molecule has 2 atom stereocenters. The molecule has 0 amide bonds. The normalized spacial score (nSPS) is 24.1. The number of hydrogen-bond donors (Lipinski definition) is 1. The van der Waals surface area contributed by atoms with Crippen LogP contribution in [0.4, 0.5) is 0 Å². The molecule has 1 aromatic rings. The Hall–Kier alpha value is -0.420. The van der Waals surface area contributed by atoms with Crippen LogP contribution >= 0.6 is 15.9 Å². The lowest BCUT2D eigenvalue weighted by Gasteiger charge is -2.43. The molecule has 0 aromatic heterocycles. The molecule has 2 rings (SSSR count). The number of rotatable bonds is 3. The summed E-state index contributed by atoms with van der Waals surface area (Å²) in [5.41, 5.74) is 7.28. The van der Waals surface area contributed by atoms with E-state index in [9.17, 15) is 0 Å². The molecule has 1 aromatic carbocycles. The second kappa shape index (κ2) is 6.15. The maximum Gasteiger partial charge on any atom is 0.0352 e. The van der Waals surface area contributed by atoms with E-state index >= 15 is 0 Å². The first-order valence-corrected chi connectivity index (χ1v) is 7.31. The van der Waals surface area contributed by atoms with Gasteiger partial charge in [-0.15, -0.1) is 0 Å². The zero-order valence-electron chi connectivity index (χ0n) is 11.1. The van der Waals surface area contributed by atoms with Crippen LogP contribution in [0.25, 0.3) is 0 Å². The quantitative estimate of drug-likeness (QED) is 0.927. The summed E-state index contributed by atoms with van der Waals surface area (Å²) in [4.78, 5) is 4.89. The molecule has 1 fully saturated rings. The van der Waals surface area contributed by atoms with Gasteiger partial charge in [0.15, 0.2) is 0 Å². The number of hydrogen-bond acceptors (Lipinski definition) is 3. The van der Waals surface area contributed by atoms with Crippen LogP contribution in [0.15, 0.2) is 28.7 Å². The van der Waals surface area contributed by atoms with E-state index in [2.05, 4.69) is 64.0 Å². The zero-order chi connectivity index (χ0) is 13.1. The van der Waals surface area contributed by atoms with Gasteiger partial charge in [-0.3, -0.25) is 4.90 Å². The molecule has 4 heteroatoms. The molecule has 1 aliphatic rings. The van der Waals surface area contributed by atoms with Gasteiger partial charge in [0.1, 0.15) is 0 Å². The molecular formula is C14H22BrN3. The van der Waals surface area contributed by atoms with Crippen LogP contribution < -0.4 is 5.73 Å². The van der Waals surface area contributed by atoms with E-state index in [1.165, 1.54) is 10.0 Å². The average Bonchev–Trinajstić information content (AvgIpc) is 2.38. The van der Waals surface area contributed by atoms with Crippen molar-refractivity contribution >= 4 is 15.9 Å². The van der Waals surface area contributed by atoms with Gasteiger partial charge in [0.05, 0.1) is 0 Å².